The second-order valence-electron chi connectivity index (χ2n) is 3.43. The fourth-order valence-electron chi connectivity index (χ4n) is 1.45. The Labute approximate surface area is 105 Å². The van der Waals surface area contributed by atoms with E-state index in [1.54, 1.807) is 23.6 Å². The zero-order valence-electron chi connectivity index (χ0n) is 8.39. The Balaban J connectivity index is 2.07. The lowest BCUT2D eigenvalue weighted by Crippen LogP contribution is -2.00. The molecule has 0 aliphatic carbocycles. The van der Waals surface area contributed by atoms with Crippen LogP contribution in [0.4, 0.5) is 0 Å². The third-order valence-corrected chi connectivity index (χ3v) is 3.73. The molecule has 0 amide bonds. The summed E-state index contributed by atoms with van der Waals surface area (Å²) in [4.78, 5) is 10.8. The molecule has 0 aromatic carbocycles. The summed E-state index contributed by atoms with van der Waals surface area (Å²) in [6.45, 7) is 0.782. The van der Waals surface area contributed by atoms with E-state index in [0.717, 1.165) is 17.6 Å². The lowest BCUT2D eigenvalue weighted by molar-refractivity contribution is 0.0697. The number of nitrogens with zero attached hydrogens (tertiary/aromatic N) is 1. The normalized spacial score (nSPS) is 10.6. The molecule has 84 valence electrons. The van der Waals surface area contributed by atoms with Crippen molar-refractivity contribution in [3.8, 4) is 0 Å². The zero-order chi connectivity index (χ0) is 11.5. The van der Waals surface area contributed by atoms with Crippen molar-refractivity contribution < 1.29 is 9.90 Å². The number of carboxylic acid groups (broad SMARTS) is 1. The molecule has 0 saturated carbocycles. The van der Waals surface area contributed by atoms with Gasteiger partial charge in [0.2, 0.25) is 0 Å². The smallest absolute Gasteiger partial charge is 0.337 e. The third kappa shape index (κ3) is 2.54. The molecule has 2 rings (SSSR count). The summed E-state index contributed by atoms with van der Waals surface area (Å²) < 4.78 is 2.71. The van der Waals surface area contributed by atoms with E-state index in [9.17, 15) is 4.79 Å². The lowest BCUT2D eigenvalue weighted by atomic mass is 10.2. The maximum Gasteiger partial charge on any atom is 0.337 e. The van der Waals surface area contributed by atoms with Crippen LogP contribution in [0.3, 0.4) is 0 Å². The van der Waals surface area contributed by atoms with Gasteiger partial charge in [-0.1, -0.05) is 0 Å². The van der Waals surface area contributed by atoms with Gasteiger partial charge in [-0.25, -0.2) is 4.79 Å². The highest BCUT2D eigenvalue weighted by molar-refractivity contribution is 9.10. The maximum atomic E-state index is 10.8. The molecule has 1 N–H and O–H groups in total. The van der Waals surface area contributed by atoms with Crippen LogP contribution >= 0.6 is 27.3 Å². The Bertz CT molecular complexity index is 490. The predicted octanol–water partition coefficient (Wildman–Crippen LogP) is 3.25. The van der Waals surface area contributed by atoms with E-state index in [-0.39, 0.29) is 0 Å². The molecule has 0 radical (unpaired) electrons. The fourth-order valence-corrected chi connectivity index (χ4v) is 2.68. The highest BCUT2D eigenvalue weighted by Gasteiger charge is 2.08. The van der Waals surface area contributed by atoms with Gasteiger partial charge in [-0.15, -0.1) is 0 Å². The molecule has 2 aromatic heterocycles. The number of aromatic nitrogens is 1. The van der Waals surface area contributed by atoms with Crippen LogP contribution in [0.25, 0.3) is 0 Å². The highest BCUT2D eigenvalue weighted by atomic mass is 79.9. The van der Waals surface area contributed by atoms with E-state index in [1.165, 1.54) is 5.56 Å². The minimum Gasteiger partial charge on any atom is -0.478 e. The van der Waals surface area contributed by atoms with Gasteiger partial charge in [0.05, 0.1) is 10.2 Å². The average molecular weight is 300 g/mol. The summed E-state index contributed by atoms with van der Waals surface area (Å²) in [6, 6.07) is 3.70. The first kappa shape index (κ1) is 11.4. The van der Waals surface area contributed by atoms with Crippen molar-refractivity contribution in [3.05, 3.63) is 44.8 Å². The summed E-state index contributed by atoms with van der Waals surface area (Å²) in [5.74, 6) is -0.894. The summed E-state index contributed by atoms with van der Waals surface area (Å²) in [6.07, 6.45) is 2.56. The molecule has 0 bridgehead atoms. The first-order valence-corrected chi connectivity index (χ1v) is 6.50. The minimum absolute atomic E-state index is 0.317. The molecule has 0 aliphatic heterocycles. The summed E-state index contributed by atoms with van der Waals surface area (Å²) in [7, 11) is 0. The van der Waals surface area contributed by atoms with E-state index in [0.29, 0.717) is 5.56 Å². The molecule has 0 fully saturated rings. The van der Waals surface area contributed by atoms with E-state index in [2.05, 4.69) is 27.4 Å². The molecular weight excluding hydrogens is 290 g/mol. The molecule has 0 aliphatic rings. The van der Waals surface area contributed by atoms with Crippen molar-refractivity contribution in [2.75, 3.05) is 0 Å². The Morgan fingerprint density at radius 3 is 2.94 bits per heavy atom. The summed E-state index contributed by atoms with van der Waals surface area (Å²) in [5.41, 5.74) is 1.60. The fraction of sp³-hybridized carbons (Fsp3) is 0.182. The van der Waals surface area contributed by atoms with Crippen LogP contribution in [0.5, 0.6) is 0 Å². The van der Waals surface area contributed by atoms with Gasteiger partial charge < -0.3 is 9.67 Å². The third-order valence-electron chi connectivity index (χ3n) is 2.31. The van der Waals surface area contributed by atoms with Crippen molar-refractivity contribution in [2.45, 2.75) is 13.0 Å². The predicted molar refractivity (Wildman–Crippen MR) is 67.1 cm³/mol. The quantitative estimate of drug-likeness (QED) is 0.941. The molecule has 0 spiro atoms. The number of aromatic carboxylic acids is 1. The number of hydrogen-bond donors (Lipinski definition) is 1. The van der Waals surface area contributed by atoms with Gasteiger partial charge in [-0.05, 0) is 50.8 Å². The Morgan fingerprint density at radius 1 is 1.56 bits per heavy atom. The number of halogens is 1. The highest BCUT2D eigenvalue weighted by Crippen LogP contribution is 2.17. The monoisotopic (exact) mass is 299 g/mol. The maximum absolute atomic E-state index is 10.8. The first-order valence-electron chi connectivity index (χ1n) is 4.77. The van der Waals surface area contributed by atoms with E-state index in [1.807, 2.05) is 9.95 Å². The summed E-state index contributed by atoms with van der Waals surface area (Å²) >= 11 is 5.03. The minimum atomic E-state index is -0.894. The van der Waals surface area contributed by atoms with Crippen LogP contribution < -0.4 is 0 Å². The van der Waals surface area contributed by atoms with Crippen molar-refractivity contribution >= 4 is 33.2 Å². The number of carbonyl (C=O) groups is 1. The van der Waals surface area contributed by atoms with Crippen LogP contribution in [0.2, 0.25) is 0 Å². The number of hydrogen-bond acceptors (Lipinski definition) is 2. The van der Waals surface area contributed by atoms with E-state index >= 15 is 0 Å². The topological polar surface area (TPSA) is 42.2 Å². The second-order valence-corrected chi connectivity index (χ2v) is 5.02. The molecule has 0 atom stereocenters. The van der Waals surface area contributed by atoms with Gasteiger partial charge in [0.25, 0.3) is 0 Å². The zero-order valence-corrected chi connectivity index (χ0v) is 10.8. The van der Waals surface area contributed by atoms with Gasteiger partial charge >= 0.3 is 5.97 Å². The number of carboxylic acids is 1. The largest absolute Gasteiger partial charge is 0.478 e. The number of aryl methyl sites for hydroxylation is 2. The summed E-state index contributed by atoms with van der Waals surface area (Å²) in [5, 5.41) is 13.0. The van der Waals surface area contributed by atoms with E-state index < -0.39 is 5.97 Å². The Kier molecular flexibility index (Phi) is 3.46. The van der Waals surface area contributed by atoms with Gasteiger partial charge in [0.1, 0.15) is 0 Å². The molecule has 2 heterocycles. The Morgan fingerprint density at radius 2 is 2.38 bits per heavy atom. The second kappa shape index (κ2) is 4.84. The first-order chi connectivity index (χ1) is 7.66. The van der Waals surface area contributed by atoms with Gasteiger partial charge in [-0.2, -0.15) is 11.3 Å². The molecule has 5 heteroatoms. The van der Waals surface area contributed by atoms with Crippen molar-refractivity contribution in [1.82, 2.24) is 4.57 Å². The molecule has 3 nitrogen and oxygen atoms in total. The van der Waals surface area contributed by atoms with Gasteiger partial charge in [0.15, 0.2) is 0 Å². The van der Waals surface area contributed by atoms with Crippen LogP contribution in [-0.2, 0) is 13.0 Å². The van der Waals surface area contributed by atoms with Crippen molar-refractivity contribution in [3.63, 3.8) is 0 Å². The molecule has 16 heavy (non-hydrogen) atoms. The van der Waals surface area contributed by atoms with Crippen molar-refractivity contribution in [1.29, 1.82) is 0 Å². The standard InChI is InChI=1S/C11H10BrNO2S/c12-10-5-9(11(14)15)6-13(10)3-1-8-2-4-16-7-8/h2,4-7H,1,3H2,(H,14,15). The number of rotatable bonds is 4. The lowest BCUT2D eigenvalue weighted by Gasteiger charge is -2.02. The van der Waals surface area contributed by atoms with Crippen LogP contribution in [0, 0.1) is 0 Å². The van der Waals surface area contributed by atoms with Crippen LogP contribution in [0.1, 0.15) is 15.9 Å². The van der Waals surface area contributed by atoms with Gasteiger partial charge in [0, 0.05) is 12.7 Å². The molecule has 0 saturated heterocycles. The molecular formula is C11H10BrNO2S. The van der Waals surface area contributed by atoms with E-state index in [4.69, 9.17) is 5.11 Å². The van der Waals surface area contributed by atoms with Crippen LogP contribution in [0.15, 0.2) is 33.7 Å². The van der Waals surface area contributed by atoms with Gasteiger partial charge in [-0.3, -0.25) is 0 Å². The van der Waals surface area contributed by atoms with Crippen molar-refractivity contribution in [2.24, 2.45) is 0 Å². The average Bonchev–Trinajstić information content (AvgIpc) is 2.84. The molecule has 2 aromatic rings. The Hall–Kier alpha value is -1.07. The molecule has 0 unspecified atom stereocenters. The van der Waals surface area contributed by atoms with Crippen LogP contribution in [-0.4, -0.2) is 15.6 Å². The number of thiophene rings is 1. The SMILES string of the molecule is O=C(O)c1cc(Br)n(CCc2ccsc2)c1.